The number of benzene rings is 2. The quantitative estimate of drug-likeness (QED) is 0.222. The van der Waals surface area contributed by atoms with E-state index in [-0.39, 0.29) is 35.5 Å². The molecule has 2 bridgehead atoms. The van der Waals surface area contributed by atoms with Crippen LogP contribution in [-0.4, -0.2) is 30.1 Å². The average molecular weight is 563 g/mol. The van der Waals surface area contributed by atoms with Crippen molar-refractivity contribution in [2.75, 3.05) is 7.11 Å². The van der Waals surface area contributed by atoms with Crippen LogP contribution in [0.3, 0.4) is 0 Å². The summed E-state index contributed by atoms with van der Waals surface area (Å²) in [5, 5.41) is 5.97. The first-order valence-corrected chi connectivity index (χ1v) is 11.8. The SMILES string of the molecule is COc1cc(/C=N\N2C(=O)[C@@H]3[C@H](C2=O)[C@H]2C=C[C@H]3C2)cc(I)c1OCc1ccc(Cl)cc1. The standard InChI is InChI=1S/C24H20ClIN2O4/c1-31-19-9-14(8-18(26)22(19)32-12-13-2-6-17(25)7-3-13)11-27-28-23(29)20-15-4-5-16(10-15)21(20)24(28)30/h2-9,11,15-16,20-21H,10,12H2,1H3/b27-11-/t15-,16-,20-,21+/m0/s1. The Kier molecular flexibility index (Phi) is 5.71. The van der Waals surface area contributed by atoms with Gasteiger partial charge < -0.3 is 9.47 Å². The number of rotatable bonds is 6. The van der Waals surface area contributed by atoms with Gasteiger partial charge in [0.25, 0.3) is 11.8 Å². The average Bonchev–Trinajstić information content (AvgIpc) is 3.46. The van der Waals surface area contributed by atoms with Crippen LogP contribution >= 0.6 is 34.2 Å². The maximum atomic E-state index is 12.8. The zero-order chi connectivity index (χ0) is 22.4. The minimum atomic E-state index is -0.257. The van der Waals surface area contributed by atoms with Crippen molar-refractivity contribution in [1.82, 2.24) is 5.01 Å². The van der Waals surface area contributed by atoms with E-state index in [1.165, 1.54) is 6.21 Å². The molecule has 1 heterocycles. The van der Waals surface area contributed by atoms with Gasteiger partial charge in [0.05, 0.1) is 28.7 Å². The molecule has 2 aliphatic carbocycles. The number of fused-ring (bicyclic) bond motifs is 5. The molecular formula is C24H20ClIN2O4. The highest BCUT2D eigenvalue weighted by Crippen LogP contribution is 2.52. The maximum Gasteiger partial charge on any atom is 0.254 e. The third-order valence-electron chi connectivity index (χ3n) is 6.32. The molecule has 4 atom stereocenters. The van der Waals surface area contributed by atoms with Gasteiger partial charge in [-0.05, 0) is 76.2 Å². The molecule has 6 nitrogen and oxygen atoms in total. The zero-order valence-electron chi connectivity index (χ0n) is 17.2. The van der Waals surface area contributed by atoms with Crippen molar-refractivity contribution in [3.8, 4) is 11.5 Å². The highest BCUT2D eigenvalue weighted by molar-refractivity contribution is 14.1. The molecule has 1 aliphatic heterocycles. The van der Waals surface area contributed by atoms with Crippen molar-refractivity contribution >= 4 is 52.2 Å². The van der Waals surface area contributed by atoms with Crippen LogP contribution in [0, 0.1) is 27.2 Å². The maximum absolute atomic E-state index is 12.8. The Labute approximate surface area is 204 Å². The second kappa shape index (κ2) is 8.51. The van der Waals surface area contributed by atoms with E-state index in [0.717, 1.165) is 20.6 Å². The largest absolute Gasteiger partial charge is 0.493 e. The molecule has 164 valence electrons. The third-order valence-corrected chi connectivity index (χ3v) is 7.37. The normalized spacial score (nSPS) is 25.8. The number of nitrogens with zero attached hydrogens (tertiary/aromatic N) is 2. The zero-order valence-corrected chi connectivity index (χ0v) is 20.1. The van der Waals surface area contributed by atoms with Gasteiger partial charge in [-0.2, -0.15) is 10.1 Å². The van der Waals surface area contributed by atoms with E-state index in [0.29, 0.717) is 28.7 Å². The minimum absolute atomic E-state index is 0.166. The molecule has 1 saturated heterocycles. The van der Waals surface area contributed by atoms with Crippen LogP contribution in [-0.2, 0) is 16.2 Å². The summed E-state index contributed by atoms with van der Waals surface area (Å²) in [7, 11) is 1.57. The van der Waals surface area contributed by atoms with Gasteiger partial charge in [-0.15, -0.1) is 0 Å². The summed E-state index contributed by atoms with van der Waals surface area (Å²) in [5.74, 6) is 0.590. The molecular weight excluding hydrogens is 543 g/mol. The first-order chi connectivity index (χ1) is 15.5. The monoisotopic (exact) mass is 562 g/mol. The number of methoxy groups -OCH3 is 1. The van der Waals surface area contributed by atoms with E-state index in [1.54, 1.807) is 13.2 Å². The van der Waals surface area contributed by atoms with Gasteiger partial charge >= 0.3 is 0 Å². The van der Waals surface area contributed by atoms with E-state index in [9.17, 15) is 9.59 Å². The van der Waals surface area contributed by atoms with E-state index in [2.05, 4.69) is 39.8 Å². The van der Waals surface area contributed by atoms with Gasteiger partial charge in [-0.25, -0.2) is 0 Å². The highest BCUT2D eigenvalue weighted by Gasteiger charge is 2.59. The predicted octanol–water partition coefficient (Wildman–Crippen LogP) is 4.67. The lowest BCUT2D eigenvalue weighted by Gasteiger charge is -2.14. The molecule has 8 heteroatoms. The van der Waals surface area contributed by atoms with Gasteiger partial charge in [-0.3, -0.25) is 9.59 Å². The van der Waals surface area contributed by atoms with Crippen LogP contribution in [0.25, 0.3) is 0 Å². The molecule has 0 spiro atoms. The van der Waals surface area contributed by atoms with Crippen LogP contribution in [0.4, 0.5) is 0 Å². The lowest BCUT2D eigenvalue weighted by atomic mass is 9.85. The smallest absolute Gasteiger partial charge is 0.254 e. The summed E-state index contributed by atoms with van der Waals surface area (Å²) in [5.41, 5.74) is 1.70. The van der Waals surface area contributed by atoms with Crippen molar-refractivity contribution in [3.63, 3.8) is 0 Å². The minimum Gasteiger partial charge on any atom is -0.493 e. The number of carbonyl (C=O) groups is 2. The second-order valence-corrected chi connectivity index (χ2v) is 9.78. The summed E-state index contributed by atoms with van der Waals surface area (Å²) in [6.07, 6.45) is 6.57. The van der Waals surface area contributed by atoms with E-state index >= 15 is 0 Å². The van der Waals surface area contributed by atoms with Crippen LogP contribution in [0.15, 0.2) is 53.7 Å². The number of carbonyl (C=O) groups excluding carboxylic acids is 2. The predicted molar refractivity (Wildman–Crippen MR) is 129 cm³/mol. The molecule has 5 rings (SSSR count). The second-order valence-electron chi connectivity index (χ2n) is 8.18. The Morgan fingerprint density at radius 2 is 1.78 bits per heavy atom. The molecule has 2 aromatic carbocycles. The van der Waals surface area contributed by atoms with Crippen molar-refractivity contribution < 1.29 is 19.1 Å². The summed E-state index contributed by atoms with van der Waals surface area (Å²) in [6, 6.07) is 11.1. The van der Waals surface area contributed by atoms with Gasteiger partial charge in [0.2, 0.25) is 0 Å². The number of imide groups is 1. The fraction of sp³-hybridized carbons (Fsp3) is 0.292. The fourth-order valence-electron chi connectivity index (χ4n) is 4.82. The molecule has 1 saturated carbocycles. The Bertz CT molecular complexity index is 1120. The molecule has 0 N–H and O–H groups in total. The molecule has 2 fully saturated rings. The Morgan fingerprint density at radius 1 is 1.12 bits per heavy atom. The van der Waals surface area contributed by atoms with E-state index < -0.39 is 0 Å². The number of halogens is 2. The Hall–Kier alpha value is -2.39. The Balaban J connectivity index is 1.33. The molecule has 0 radical (unpaired) electrons. The molecule has 32 heavy (non-hydrogen) atoms. The molecule has 3 aliphatic rings. The van der Waals surface area contributed by atoms with Crippen molar-refractivity contribution in [2.24, 2.45) is 28.8 Å². The van der Waals surface area contributed by atoms with Gasteiger partial charge in [0, 0.05) is 5.02 Å². The molecule has 2 aromatic rings. The Morgan fingerprint density at radius 3 is 2.41 bits per heavy atom. The van der Waals surface area contributed by atoms with Gasteiger partial charge in [0.15, 0.2) is 11.5 Å². The number of hydrazone groups is 1. The highest BCUT2D eigenvalue weighted by atomic mass is 127. The molecule has 0 unspecified atom stereocenters. The fourth-order valence-corrected chi connectivity index (χ4v) is 5.72. The summed E-state index contributed by atoms with van der Waals surface area (Å²) < 4.78 is 12.3. The van der Waals surface area contributed by atoms with Crippen LogP contribution in [0.5, 0.6) is 11.5 Å². The topological polar surface area (TPSA) is 68.2 Å². The molecule has 0 aromatic heterocycles. The lowest BCUT2D eigenvalue weighted by Crippen LogP contribution is -2.28. The van der Waals surface area contributed by atoms with Gasteiger partial charge in [0.1, 0.15) is 6.61 Å². The number of allylic oxidation sites excluding steroid dienone is 2. The van der Waals surface area contributed by atoms with Crippen LogP contribution in [0.1, 0.15) is 17.5 Å². The van der Waals surface area contributed by atoms with Crippen LogP contribution < -0.4 is 9.47 Å². The first kappa shape index (κ1) is 21.5. The number of amides is 2. The summed E-state index contributed by atoms with van der Waals surface area (Å²) in [6.45, 7) is 0.368. The summed E-state index contributed by atoms with van der Waals surface area (Å²) in [4.78, 5) is 25.6. The van der Waals surface area contributed by atoms with Gasteiger partial charge in [-0.1, -0.05) is 35.9 Å². The van der Waals surface area contributed by atoms with Crippen molar-refractivity contribution in [1.29, 1.82) is 0 Å². The van der Waals surface area contributed by atoms with Crippen LogP contribution in [0.2, 0.25) is 5.02 Å². The number of hydrogen-bond acceptors (Lipinski definition) is 5. The summed E-state index contributed by atoms with van der Waals surface area (Å²) >= 11 is 8.11. The van der Waals surface area contributed by atoms with E-state index in [4.69, 9.17) is 21.1 Å². The lowest BCUT2D eigenvalue weighted by molar-refractivity contribution is -0.140. The van der Waals surface area contributed by atoms with E-state index in [1.807, 2.05) is 30.3 Å². The number of ether oxygens (including phenoxy) is 2. The number of hydrogen-bond donors (Lipinski definition) is 0. The third kappa shape index (κ3) is 3.71. The first-order valence-electron chi connectivity index (χ1n) is 10.3. The van der Waals surface area contributed by atoms with Crippen molar-refractivity contribution in [3.05, 3.63) is 68.3 Å². The van der Waals surface area contributed by atoms with Crippen molar-refractivity contribution in [2.45, 2.75) is 13.0 Å². The molecule has 2 amide bonds.